The molecule has 0 bridgehead atoms. The molecule has 4 nitrogen and oxygen atoms in total. The molecule has 26 heavy (non-hydrogen) atoms. The Morgan fingerprint density at radius 2 is 1.81 bits per heavy atom. The molecular formula is C21H31BrO4. The molecule has 3 rings (SSSR count). The molecule has 2 unspecified atom stereocenters. The van der Waals surface area contributed by atoms with E-state index in [9.17, 15) is 4.79 Å². The summed E-state index contributed by atoms with van der Waals surface area (Å²) in [5.41, 5.74) is 3.27. The molecule has 146 valence electrons. The lowest BCUT2D eigenvalue weighted by molar-refractivity contribution is -0.183. The van der Waals surface area contributed by atoms with Crippen molar-refractivity contribution in [2.75, 3.05) is 13.2 Å². The van der Waals surface area contributed by atoms with Gasteiger partial charge in [0.1, 0.15) is 6.10 Å². The highest BCUT2D eigenvalue weighted by Gasteiger charge is 2.42. The number of carbonyl (C=O) groups is 1. The quantitative estimate of drug-likeness (QED) is 0.574. The van der Waals surface area contributed by atoms with Gasteiger partial charge in [-0.25, -0.2) is 0 Å². The molecule has 1 aromatic rings. The summed E-state index contributed by atoms with van der Waals surface area (Å²) >= 11 is 3.69. The van der Waals surface area contributed by atoms with E-state index in [1.54, 1.807) is 0 Å². The molecule has 1 saturated heterocycles. The predicted octanol–water partition coefficient (Wildman–Crippen LogP) is 5.63. The normalized spacial score (nSPS) is 24.9. The highest BCUT2D eigenvalue weighted by atomic mass is 79.9. The molecule has 1 aromatic carbocycles. The highest BCUT2D eigenvalue weighted by Crippen LogP contribution is 2.47. The zero-order chi connectivity index (χ0) is 19.5. The van der Waals surface area contributed by atoms with Crippen LogP contribution in [0.3, 0.4) is 0 Å². The van der Waals surface area contributed by atoms with Crippen LogP contribution in [-0.4, -0.2) is 25.3 Å². The SMILES string of the molecule is CC.CC(=O)OC1CC(C)c2cc(Br)c(C3OCCCO3)cc2C1(C)C. The molecule has 2 atom stereocenters. The van der Waals surface area contributed by atoms with E-state index in [4.69, 9.17) is 14.2 Å². The molecule has 0 saturated carbocycles. The molecule has 1 heterocycles. The minimum atomic E-state index is -0.335. The maximum Gasteiger partial charge on any atom is 0.302 e. The molecule has 1 fully saturated rings. The summed E-state index contributed by atoms with van der Waals surface area (Å²) in [6, 6.07) is 4.35. The van der Waals surface area contributed by atoms with Crippen LogP contribution in [0.2, 0.25) is 0 Å². The van der Waals surface area contributed by atoms with Gasteiger partial charge in [0.25, 0.3) is 0 Å². The summed E-state index contributed by atoms with van der Waals surface area (Å²) in [5.74, 6) is 0.107. The first kappa shape index (κ1) is 21.4. The first-order valence-corrected chi connectivity index (χ1v) is 10.3. The first-order valence-electron chi connectivity index (χ1n) is 9.55. The molecule has 0 aromatic heterocycles. The standard InChI is InChI=1S/C19H25BrO4.C2H6/c1-11-8-17(24-12(2)21)19(3,4)15-9-14(16(20)10-13(11)15)18-22-6-5-7-23-18;1-2/h9-11,17-18H,5-8H2,1-4H3;1-2H3. The number of rotatable bonds is 2. The summed E-state index contributed by atoms with van der Waals surface area (Å²) < 4.78 is 18.2. The monoisotopic (exact) mass is 426 g/mol. The number of carbonyl (C=O) groups excluding carboxylic acids is 1. The topological polar surface area (TPSA) is 44.8 Å². The fraction of sp³-hybridized carbons (Fsp3) is 0.667. The van der Waals surface area contributed by atoms with Crippen molar-refractivity contribution >= 4 is 21.9 Å². The third-order valence-electron chi connectivity index (χ3n) is 5.16. The first-order chi connectivity index (χ1) is 12.3. The van der Waals surface area contributed by atoms with Gasteiger partial charge >= 0.3 is 5.97 Å². The Kier molecular flexibility index (Phi) is 7.28. The van der Waals surface area contributed by atoms with E-state index in [0.29, 0.717) is 19.1 Å². The van der Waals surface area contributed by atoms with Crippen LogP contribution in [0.15, 0.2) is 16.6 Å². The van der Waals surface area contributed by atoms with Crippen molar-refractivity contribution in [3.63, 3.8) is 0 Å². The molecule has 0 amide bonds. The number of ether oxygens (including phenoxy) is 3. The Balaban J connectivity index is 0.00000117. The molecule has 2 aliphatic rings. The molecule has 0 spiro atoms. The lowest BCUT2D eigenvalue weighted by atomic mass is 9.67. The third-order valence-corrected chi connectivity index (χ3v) is 5.84. The van der Waals surface area contributed by atoms with Gasteiger partial charge in [-0.3, -0.25) is 4.79 Å². The van der Waals surface area contributed by atoms with E-state index in [0.717, 1.165) is 22.9 Å². The van der Waals surface area contributed by atoms with Gasteiger partial charge in [-0.15, -0.1) is 0 Å². The van der Waals surface area contributed by atoms with Gasteiger partial charge in [-0.1, -0.05) is 50.5 Å². The summed E-state index contributed by atoms with van der Waals surface area (Å²) in [6.45, 7) is 13.4. The minimum absolute atomic E-state index is 0.125. The predicted molar refractivity (Wildman–Crippen MR) is 106 cm³/mol. The Hall–Kier alpha value is -0.910. The Morgan fingerprint density at radius 3 is 2.38 bits per heavy atom. The van der Waals surface area contributed by atoms with Gasteiger partial charge in [-0.2, -0.15) is 0 Å². The second kappa shape index (κ2) is 8.85. The second-order valence-corrected chi connectivity index (χ2v) is 8.20. The van der Waals surface area contributed by atoms with Crippen LogP contribution in [0.25, 0.3) is 0 Å². The third kappa shape index (κ3) is 4.32. The van der Waals surface area contributed by atoms with Gasteiger partial charge in [0, 0.05) is 22.4 Å². The summed E-state index contributed by atoms with van der Waals surface area (Å²) in [7, 11) is 0. The Labute approximate surface area is 165 Å². The lowest BCUT2D eigenvalue weighted by Crippen LogP contribution is -2.42. The lowest BCUT2D eigenvalue weighted by Gasteiger charge is -2.43. The van der Waals surface area contributed by atoms with Crippen LogP contribution in [0.4, 0.5) is 0 Å². The van der Waals surface area contributed by atoms with Crippen molar-refractivity contribution in [2.24, 2.45) is 0 Å². The molecule has 0 radical (unpaired) electrons. The number of hydrogen-bond acceptors (Lipinski definition) is 4. The fourth-order valence-electron chi connectivity index (χ4n) is 3.73. The molecule has 0 N–H and O–H groups in total. The number of benzene rings is 1. The minimum Gasteiger partial charge on any atom is -0.462 e. The molecule has 1 aliphatic heterocycles. The number of esters is 1. The van der Waals surface area contributed by atoms with E-state index < -0.39 is 0 Å². The van der Waals surface area contributed by atoms with E-state index in [1.165, 1.54) is 18.1 Å². The highest BCUT2D eigenvalue weighted by molar-refractivity contribution is 9.10. The van der Waals surface area contributed by atoms with Crippen molar-refractivity contribution in [1.29, 1.82) is 0 Å². The average Bonchev–Trinajstić information content (AvgIpc) is 2.61. The van der Waals surface area contributed by atoms with Crippen LogP contribution < -0.4 is 0 Å². The zero-order valence-corrected chi connectivity index (χ0v) is 18.3. The van der Waals surface area contributed by atoms with E-state index in [2.05, 4.69) is 48.8 Å². The maximum absolute atomic E-state index is 11.5. The molecule has 1 aliphatic carbocycles. The summed E-state index contributed by atoms with van der Waals surface area (Å²) in [4.78, 5) is 11.5. The number of hydrogen-bond donors (Lipinski definition) is 0. The van der Waals surface area contributed by atoms with Crippen molar-refractivity contribution in [1.82, 2.24) is 0 Å². The molecule has 5 heteroatoms. The Morgan fingerprint density at radius 1 is 1.19 bits per heavy atom. The van der Waals surface area contributed by atoms with Crippen LogP contribution in [-0.2, 0) is 24.4 Å². The van der Waals surface area contributed by atoms with Gasteiger partial charge in [0.05, 0.1) is 13.2 Å². The van der Waals surface area contributed by atoms with Crippen LogP contribution in [0, 0.1) is 0 Å². The van der Waals surface area contributed by atoms with E-state index >= 15 is 0 Å². The van der Waals surface area contributed by atoms with Gasteiger partial charge < -0.3 is 14.2 Å². The Bertz CT molecular complexity index is 635. The number of halogens is 1. The zero-order valence-electron chi connectivity index (χ0n) is 16.7. The van der Waals surface area contributed by atoms with E-state index in [-0.39, 0.29) is 23.8 Å². The van der Waals surface area contributed by atoms with Crippen molar-refractivity contribution < 1.29 is 19.0 Å². The van der Waals surface area contributed by atoms with Crippen LogP contribution in [0.1, 0.15) is 83.3 Å². The van der Waals surface area contributed by atoms with Crippen molar-refractivity contribution in [3.05, 3.63) is 33.3 Å². The van der Waals surface area contributed by atoms with E-state index in [1.807, 2.05) is 13.8 Å². The fourth-order valence-corrected chi connectivity index (χ4v) is 4.28. The van der Waals surface area contributed by atoms with Gasteiger partial charge in [0.2, 0.25) is 0 Å². The van der Waals surface area contributed by atoms with Gasteiger partial charge in [-0.05, 0) is 42.0 Å². The maximum atomic E-state index is 11.5. The van der Waals surface area contributed by atoms with Crippen LogP contribution >= 0.6 is 15.9 Å². The smallest absolute Gasteiger partial charge is 0.302 e. The average molecular weight is 427 g/mol. The molecular weight excluding hydrogens is 396 g/mol. The van der Waals surface area contributed by atoms with Crippen LogP contribution in [0.5, 0.6) is 0 Å². The summed E-state index contributed by atoms with van der Waals surface area (Å²) in [6.07, 6.45) is 1.30. The van der Waals surface area contributed by atoms with Gasteiger partial charge in [0.15, 0.2) is 6.29 Å². The van der Waals surface area contributed by atoms with Crippen molar-refractivity contribution in [3.8, 4) is 0 Å². The van der Waals surface area contributed by atoms with Crippen molar-refractivity contribution in [2.45, 2.75) is 78.1 Å². The number of fused-ring (bicyclic) bond motifs is 1. The second-order valence-electron chi connectivity index (χ2n) is 7.34. The largest absolute Gasteiger partial charge is 0.462 e. The summed E-state index contributed by atoms with van der Waals surface area (Å²) in [5, 5.41) is 0.